The number of aromatic nitrogens is 1. The zero-order valence-corrected chi connectivity index (χ0v) is 17.3. The van der Waals surface area contributed by atoms with Gasteiger partial charge in [0.15, 0.2) is 5.96 Å². The Morgan fingerprint density at radius 3 is 2.62 bits per heavy atom. The molecule has 1 aromatic heterocycles. The lowest BCUT2D eigenvalue weighted by molar-refractivity contribution is 0.0238. The third kappa shape index (κ3) is 7.19. The van der Waals surface area contributed by atoms with Gasteiger partial charge in [0, 0.05) is 50.2 Å². The Morgan fingerprint density at radius 2 is 2.08 bits per heavy atom. The van der Waals surface area contributed by atoms with Gasteiger partial charge in [-0.15, -0.1) is 11.3 Å². The highest BCUT2D eigenvalue weighted by atomic mass is 32.1. The average molecular weight is 382 g/mol. The van der Waals surface area contributed by atoms with Crippen molar-refractivity contribution in [3.63, 3.8) is 0 Å². The van der Waals surface area contributed by atoms with Gasteiger partial charge in [-0.25, -0.2) is 9.78 Å². The monoisotopic (exact) mass is 381 g/mol. The van der Waals surface area contributed by atoms with E-state index in [1.54, 1.807) is 18.4 Å². The number of nitrogens with zero attached hydrogens (tertiary/aromatic N) is 3. The van der Waals surface area contributed by atoms with Gasteiger partial charge in [0.25, 0.3) is 0 Å². The Balaban J connectivity index is 1.71. The Labute approximate surface area is 160 Å². The van der Waals surface area contributed by atoms with Gasteiger partial charge < -0.3 is 20.3 Å². The Bertz CT molecular complexity index is 619. The van der Waals surface area contributed by atoms with E-state index in [0.29, 0.717) is 19.1 Å². The maximum absolute atomic E-state index is 12.3. The van der Waals surface area contributed by atoms with Gasteiger partial charge in [0.2, 0.25) is 0 Å². The average Bonchev–Trinajstić information content (AvgIpc) is 3.30. The van der Waals surface area contributed by atoms with Gasteiger partial charge in [-0.05, 0) is 40.5 Å². The van der Waals surface area contributed by atoms with Crippen LogP contribution in [0.3, 0.4) is 0 Å². The van der Waals surface area contributed by atoms with E-state index in [0.717, 1.165) is 36.8 Å². The van der Waals surface area contributed by atoms with Crippen molar-refractivity contribution < 1.29 is 9.53 Å². The molecule has 146 valence electrons. The minimum absolute atomic E-state index is 0.233. The highest BCUT2D eigenvalue weighted by Gasteiger charge is 2.34. The molecule has 1 aliphatic rings. The van der Waals surface area contributed by atoms with E-state index in [-0.39, 0.29) is 6.09 Å². The van der Waals surface area contributed by atoms with Crippen LogP contribution in [0.4, 0.5) is 4.79 Å². The molecule has 1 heterocycles. The largest absolute Gasteiger partial charge is 0.444 e. The second-order valence-corrected chi connectivity index (χ2v) is 8.76. The molecule has 0 aliphatic heterocycles. The van der Waals surface area contributed by atoms with E-state index in [1.165, 1.54) is 4.88 Å². The quantitative estimate of drug-likeness (QED) is 0.561. The molecule has 7 nitrogen and oxygen atoms in total. The van der Waals surface area contributed by atoms with Crippen molar-refractivity contribution in [3.8, 4) is 0 Å². The first kappa shape index (κ1) is 20.5. The van der Waals surface area contributed by atoms with Gasteiger partial charge >= 0.3 is 6.09 Å². The third-order valence-corrected chi connectivity index (χ3v) is 4.76. The number of guanidine groups is 1. The van der Waals surface area contributed by atoms with Gasteiger partial charge in [-0.2, -0.15) is 0 Å². The van der Waals surface area contributed by atoms with E-state index in [4.69, 9.17) is 4.74 Å². The predicted molar refractivity (Wildman–Crippen MR) is 106 cm³/mol. The standard InChI is InChI=1S/C18H31N5O2S/c1-13-12-22-15(26-13)8-9-20-16(19-5)21-10-11-23(14-6-7-14)17(24)25-18(2,3)4/h12,14H,6-11H2,1-5H3,(H2,19,20,21). The molecule has 1 fully saturated rings. The fourth-order valence-electron chi connectivity index (χ4n) is 2.45. The van der Waals surface area contributed by atoms with Crippen LogP contribution >= 0.6 is 11.3 Å². The third-order valence-electron chi connectivity index (χ3n) is 3.78. The van der Waals surface area contributed by atoms with Crippen LogP contribution in [0.5, 0.6) is 0 Å². The van der Waals surface area contributed by atoms with Crippen LogP contribution < -0.4 is 10.6 Å². The van der Waals surface area contributed by atoms with Crippen LogP contribution in [0.2, 0.25) is 0 Å². The fraction of sp³-hybridized carbons (Fsp3) is 0.722. The molecule has 0 saturated heterocycles. The number of carbonyl (C=O) groups is 1. The minimum atomic E-state index is -0.469. The van der Waals surface area contributed by atoms with Crippen LogP contribution in [-0.4, -0.2) is 60.3 Å². The Morgan fingerprint density at radius 1 is 1.38 bits per heavy atom. The number of aliphatic imine (C=N–C) groups is 1. The minimum Gasteiger partial charge on any atom is -0.444 e. The summed E-state index contributed by atoms with van der Waals surface area (Å²) in [5, 5.41) is 7.67. The van der Waals surface area contributed by atoms with E-state index >= 15 is 0 Å². The molecule has 2 rings (SSSR count). The first-order valence-corrected chi connectivity index (χ1v) is 9.95. The van der Waals surface area contributed by atoms with Crippen LogP contribution in [0.25, 0.3) is 0 Å². The van der Waals surface area contributed by atoms with Gasteiger partial charge in [0.05, 0.1) is 5.01 Å². The van der Waals surface area contributed by atoms with Crippen molar-refractivity contribution in [2.45, 2.75) is 58.6 Å². The molecule has 1 amide bonds. The predicted octanol–water partition coefficient (Wildman–Crippen LogP) is 2.56. The lowest BCUT2D eigenvalue weighted by Gasteiger charge is -2.27. The normalized spacial score (nSPS) is 14.9. The van der Waals surface area contributed by atoms with Crippen LogP contribution in [-0.2, 0) is 11.2 Å². The molecule has 0 atom stereocenters. The zero-order chi connectivity index (χ0) is 19.2. The highest BCUT2D eigenvalue weighted by molar-refractivity contribution is 7.11. The summed E-state index contributed by atoms with van der Waals surface area (Å²) >= 11 is 1.72. The number of hydrogen-bond acceptors (Lipinski definition) is 5. The highest BCUT2D eigenvalue weighted by Crippen LogP contribution is 2.28. The second-order valence-electron chi connectivity index (χ2n) is 7.45. The second kappa shape index (κ2) is 9.21. The van der Waals surface area contributed by atoms with Crippen molar-refractivity contribution in [1.29, 1.82) is 0 Å². The molecule has 1 aliphatic carbocycles. The van der Waals surface area contributed by atoms with Crippen molar-refractivity contribution in [3.05, 3.63) is 16.1 Å². The van der Waals surface area contributed by atoms with Crippen LogP contribution in [0.15, 0.2) is 11.2 Å². The molecule has 26 heavy (non-hydrogen) atoms. The summed E-state index contributed by atoms with van der Waals surface area (Å²) in [6.07, 6.45) is 4.64. The number of thiazole rings is 1. The fourth-order valence-corrected chi connectivity index (χ4v) is 3.24. The van der Waals surface area contributed by atoms with E-state index in [9.17, 15) is 4.79 Å². The molecule has 0 bridgehead atoms. The zero-order valence-electron chi connectivity index (χ0n) is 16.5. The summed E-state index contributed by atoms with van der Waals surface area (Å²) in [6, 6.07) is 0.315. The molecular weight excluding hydrogens is 350 g/mol. The molecule has 2 N–H and O–H groups in total. The summed E-state index contributed by atoms with van der Waals surface area (Å²) in [6.45, 7) is 9.74. The Hall–Kier alpha value is -1.83. The molecule has 0 aromatic carbocycles. The number of aryl methyl sites for hydroxylation is 1. The lowest BCUT2D eigenvalue weighted by Crippen LogP contribution is -2.45. The Kier molecular flexibility index (Phi) is 7.25. The maximum atomic E-state index is 12.3. The first-order valence-electron chi connectivity index (χ1n) is 9.14. The van der Waals surface area contributed by atoms with Crippen molar-refractivity contribution in [2.24, 2.45) is 4.99 Å². The summed E-state index contributed by atoms with van der Waals surface area (Å²) in [4.78, 5) is 24.0. The summed E-state index contributed by atoms with van der Waals surface area (Å²) in [7, 11) is 1.75. The molecule has 0 unspecified atom stereocenters. The molecule has 0 spiro atoms. The number of hydrogen-bond donors (Lipinski definition) is 2. The van der Waals surface area contributed by atoms with Crippen molar-refractivity contribution >= 4 is 23.4 Å². The van der Waals surface area contributed by atoms with Gasteiger partial charge in [0.1, 0.15) is 5.60 Å². The topological polar surface area (TPSA) is 78.9 Å². The molecule has 1 aromatic rings. The smallest absolute Gasteiger partial charge is 0.410 e. The van der Waals surface area contributed by atoms with E-state index < -0.39 is 5.60 Å². The van der Waals surface area contributed by atoms with E-state index in [1.807, 2.05) is 31.9 Å². The number of amides is 1. The van der Waals surface area contributed by atoms with Gasteiger partial charge in [-0.3, -0.25) is 4.99 Å². The van der Waals surface area contributed by atoms with Crippen LogP contribution in [0.1, 0.15) is 43.5 Å². The summed E-state index contributed by atoms with van der Waals surface area (Å²) in [5.41, 5.74) is -0.469. The van der Waals surface area contributed by atoms with Crippen molar-refractivity contribution in [1.82, 2.24) is 20.5 Å². The van der Waals surface area contributed by atoms with Gasteiger partial charge in [-0.1, -0.05) is 0 Å². The maximum Gasteiger partial charge on any atom is 0.410 e. The van der Waals surface area contributed by atoms with E-state index in [2.05, 4.69) is 27.5 Å². The number of ether oxygens (including phenoxy) is 1. The van der Waals surface area contributed by atoms with Crippen LogP contribution in [0, 0.1) is 6.92 Å². The lowest BCUT2D eigenvalue weighted by atomic mass is 10.2. The summed E-state index contributed by atoms with van der Waals surface area (Å²) in [5.74, 6) is 0.734. The SMILES string of the molecule is CN=C(NCCc1ncc(C)s1)NCCN(C(=O)OC(C)(C)C)C1CC1. The number of carbonyl (C=O) groups excluding carboxylic acids is 1. The number of rotatable bonds is 7. The number of nitrogens with one attached hydrogen (secondary N) is 2. The molecule has 0 radical (unpaired) electrons. The van der Waals surface area contributed by atoms with Crippen molar-refractivity contribution in [2.75, 3.05) is 26.7 Å². The summed E-state index contributed by atoms with van der Waals surface area (Å²) < 4.78 is 5.51. The molecular formula is C18H31N5O2S. The molecule has 1 saturated carbocycles. The first-order chi connectivity index (χ1) is 12.3. The molecule has 8 heteroatoms.